The summed E-state index contributed by atoms with van der Waals surface area (Å²) in [7, 11) is 0. The van der Waals surface area contributed by atoms with Crippen LogP contribution in [0.1, 0.15) is 61.6 Å². The van der Waals surface area contributed by atoms with Crippen molar-refractivity contribution in [3.63, 3.8) is 0 Å². The van der Waals surface area contributed by atoms with Gasteiger partial charge in [-0.15, -0.1) is 0 Å². The first kappa shape index (κ1) is 20.4. The average Bonchev–Trinajstić information content (AvgIpc) is 2.70. The van der Waals surface area contributed by atoms with Crippen LogP contribution in [0.2, 0.25) is 0 Å². The van der Waals surface area contributed by atoms with Crippen molar-refractivity contribution < 1.29 is 22.3 Å². The van der Waals surface area contributed by atoms with Crippen LogP contribution in [-0.2, 0) is 0 Å². The lowest BCUT2D eigenvalue weighted by molar-refractivity contribution is 0.287. The highest BCUT2D eigenvalue weighted by Gasteiger charge is 2.25. The van der Waals surface area contributed by atoms with Gasteiger partial charge in [-0.3, -0.25) is 0 Å². The second-order valence-electron chi connectivity index (χ2n) is 7.24. The van der Waals surface area contributed by atoms with Crippen LogP contribution in [0.5, 0.6) is 5.75 Å². The maximum Gasteiger partial charge on any atom is 0.200 e. The van der Waals surface area contributed by atoms with E-state index in [2.05, 4.69) is 0 Å². The number of rotatable bonds is 6. The molecule has 2 aromatic rings. The van der Waals surface area contributed by atoms with Gasteiger partial charge in [0, 0.05) is 5.56 Å². The molecule has 1 nitrogen and oxygen atoms in total. The van der Waals surface area contributed by atoms with Crippen molar-refractivity contribution in [3.05, 3.63) is 70.3 Å². The highest BCUT2D eigenvalue weighted by Crippen LogP contribution is 2.39. The fourth-order valence-electron chi connectivity index (χ4n) is 3.56. The summed E-state index contributed by atoms with van der Waals surface area (Å²) in [5, 5.41) is 0. The number of aryl methyl sites for hydroxylation is 1. The van der Waals surface area contributed by atoms with Crippen molar-refractivity contribution in [2.75, 3.05) is 6.61 Å². The molecule has 0 fully saturated rings. The van der Waals surface area contributed by atoms with Crippen LogP contribution < -0.4 is 4.74 Å². The molecule has 3 rings (SSSR count). The van der Waals surface area contributed by atoms with Gasteiger partial charge < -0.3 is 4.74 Å². The summed E-state index contributed by atoms with van der Waals surface area (Å²) in [5.74, 6) is -3.82. The Bertz CT molecular complexity index is 889. The summed E-state index contributed by atoms with van der Waals surface area (Å²) < 4.78 is 62.2. The van der Waals surface area contributed by atoms with Gasteiger partial charge in [-0.25, -0.2) is 13.2 Å². The molecular weight excluding hydrogens is 368 g/mol. The topological polar surface area (TPSA) is 9.23 Å². The molecule has 0 spiro atoms. The van der Waals surface area contributed by atoms with Crippen LogP contribution in [-0.4, -0.2) is 6.61 Å². The molecule has 1 atom stereocenters. The summed E-state index contributed by atoms with van der Waals surface area (Å²) in [6, 6.07) is 6.16. The monoisotopic (exact) mass is 392 g/mol. The van der Waals surface area contributed by atoms with Crippen molar-refractivity contribution in [1.82, 2.24) is 0 Å². The van der Waals surface area contributed by atoms with Crippen LogP contribution in [0.3, 0.4) is 0 Å². The fraction of sp³-hybridized carbons (Fsp3) is 0.391. The molecule has 1 aliphatic carbocycles. The summed E-state index contributed by atoms with van der Waals surface area (Å²) in [5.41, 5.74) is 1.50. The molecular formula is C23H24F4O. The zero-order valence-corrected chi connectivity index (χ0v) is 16.1. The number of unbranched alkanes of at least 4 members (excludes halogenated alkanes) is 1. The molecule has 0 aromatic heterocycles. The third-order valence-electron chi connectivity index (χ3n) is 5.30. The zero-order valence-electron chi connectivity index (χ0n) is 16.1. The second kappa shape index (κ2) is 8.80. The van der Waals surface area contributed by atoms with E-state index in [9.17, 15) is 17.6 Å². The van der Waals surface area contributed by atoms with Crippen LogP contribution in [0, 0.1) is 30.2 Å². The Morgan fingerprint density at radius 3 is 2.43 bits per heavy atom. The molecule has 0 heterocycles. The maximum absolute atomic E-state index is 14.6. The summed E-state index contributed by atoms with van der Waals surface area (Å²) in [6.45, 7) is 3.85. The Balaban J connectivity index is 1.77. The molecule has 1 aliphatic rings. The van der Waals surface area contributed by atoms with E-state index in [-0.39, 0.29) is 22.8 Å². The largest absolute Gasteiger partial charge is 0.490 e. The number of ether oxygens (including phenoxy) is 1. The summed E-state index contributed by atoms with van der Waals surface area (Å²) in [4.78, 5) is 0. The van der Waals surface area contributed by atoms with Gasteiger partial charge in [0.1, 0.15) is 0 Å². The van der Waals surface area contributed by atoms with E-state index < -0.39 is 23.3 Å². The van der Waals surface area contributed by atoms with E-state index >= 15 is 0 Å². The van der Waals surface area contributed by atoms with E-state index in [1.807, 2.05) is 6.92 Å². The molecule has 2 aromatic carbocycles. The molecule has 0 saturated carbocycles. The Hall–Kier alpha value is -2.30. The van der Waals surface area contributed by atoms with Gasteiger partial charge in [0.2, 0.25) is 5.82 Å². The Labute approximate surface area is 163 Å². The lowest BCUT2D eigenvalue weighted by Gasteiger charge is -2.24. The average molecular weight is 392 g/mol. The van der Waals surface area contributed by atoms with Gasteiger partial charge >= 0.3 is 0 Å². The number of hydrogen-bond acceptors (Lipinski definition) is 1. The summed E-state index contributed by atoms with van der Waals surface area (Å²) >= 11 is 0. The van der Waals surface area contributed by atoms with E-state index in [4.69, 9.17) is 4.74 Å². The molecule has 0 amide bonds. The molecule has 0 N–H and O–H groups in total. The minimum atomic E-state index is -0.963. The van der Waals surface area contributed by atoms with Crippen molar-refractivity contribution in [2.24, 2.45) is 0 Å². The molecule has 1 unspecified atom stereocenters. The predicted octanol–water partition coefficient (Wildman–Crippen LogP) is 7.08. The first-order valence-electron chi connectivity index (χ1n) is 9.68. The first-order valence-corrected chi connectivity index (χ1v) is 9.68. The molecule has 0 bridgehead atoms. The van der Waals surface area contributed by atoms with Gasteiger partial charge in [-0.1, -0.05) is 37.6 Å². The first-order chi connectivity index (χ1) is 13.4. The maximum atomic E-state index is 14.6. The van der Waals surface area contributed by atoms with Gasteiger partial charge in [-0.05, 0) is 61.3 Å². The summed E-state index contributed by atoms with van der Waals surface area (Å²) in [6.07, 6.45) is 4.92. The number of halogens is 4. The van der Waals surface area contributed by atoms with Gasteiger partial charge in [0.25, 0.3) is 0 Å². The van der Waals surface area contributed by atoms with Crippen LogP contribution in [0.4, 0.5) is 17.6 Å². The fourth-order valence-corrected chi connectivity index (χ4v) is 3.56. The normalized spacial score (nSPS) is 16.8. The lowest BCUT2D eigenvalue weighted by Crippen LogP contribution is -2.09. The van der Waals surface area contributed by atoms with Gasteiger partial charge in [0.05, 0.1) is 6.61 Å². The van der Waals surface area contributed by atoms with Crippen LogP contribution in [0.25, 0.3) is 5.57 Å². The molecule has 0 aliphatic heterocycles. The van der Waals surface area contributed by atoms with Gasteiger partial charge in [-0.2, -0.15) is 4.39 Å². The van der Waals surface area contributed by atoms with E-state index in [0.29, 0.717) is 37.0 Å². The molecule has 5 heteroatoms. The van der Waals surface area contributed by atoms with Crippen LogP contribution >= 0.6 is 0 Å². The molecule has 150 valence electrons. The van der Waals surface area contributed by atoms with Crippen molar-refractivity contribution in [3.8, 4) is 5.75 Å². The van der Waals surface area contributed by atoms with E-state index in [1.165, 1.54) is 13.0 Å². The highest BCUT2D eigenvalue weighted by atomic mass is 19.2. The highest BCUT2D eigenvalue weighted by molar-refractivity contribution is 5.67. The van der Waals surface area contributed by atoms with Crippen molar-refractivity contribution in [1.29, 1.82) is 0 Å². The van der Waals surface area contributed by atoms with Crippen molar-refractivity contribution >= 4 is 5.57 Å². The standard InChI is InChI=1S/C23H24F4O/c1-3-4-13-28-19-12-11-18(22(26)23(19)27)16-8-6-15(7-9-16)17-10-5-14(2)20(24)21(17)25/h5-6,10-12,16H,3-4,7-9,13H2,1-2H3. The quantitative estimate of drug-likeness (QED) is 0.377. The van der Waals surface area contributed by atoms with E-state index in [1.54, 1.807) is 24.3 Å². The number of benzene rings is 2. The van der Waals surface area contributed by atoms with Gasteiger partial charge in [0.15, 0.2) is 23.2 Å². The second-order valence-corrected chi connectivity index (χ2v) is 7.24. The number of allylic oxidation sites excluding steroid dienone is 2. The number of hydrogen-bond donors (Lipinski definition) is 0. The Morgan fingerprint density at radius 1 is 0.964 bits per heavy atom. The van der Waals surface area contributed by atoms with E-state index in [0.717, 1.165) is 12.8 Å². The van der Waals surface area contributed by atoms with Crippen molar-refractivity contribution in [2.45, 2.75) is 51.9 Å². The predicted molar refractivity (Wildman–Crippen MR) is 102 cm³/mol. The lowest BCUT2D eigenvalue weighted by atomic mass is 9.82. The Kier molecular flexibility index (Phi) is 6.42. The molecule has 28 heavy (non-hydrogen) atoms. The zero-order chi connectivity index (χ0) is 20.3. The Morgan fingerprint density at radius 2 is 1.75 bits per heavy atom. The molecule has 0 saturated heterocycles. The third kappa shape index (κ3) is 4.08. The third-order valence-corrected chi connectivity index (χ3v) is 5.30. The smallest absolute Gasteiger partial charge is 0.200 e. The minimum absolute atomic E-state index is 0.0704. The van der Waals surface area contributed by atoms with Crippen LogP contribution in [0.15, 0.2) is 30.3 Å². The SMILES string of the molecule is CCCCOc1ccc(C2CC=C(c3ccc(C)c(F)c3F)CC2)c(F)c1F. The minimum Gasteiger partial charge on any atom is -0.490 e. The molecule has 0 radical (unpaired) electrons.